The zero-order valence-corrected chi connectivity index (χ0v) is 13.8. The summed E-state index contributed by atoms with van der Waals surface area (Å²) in [6.07, 6.45) is 0. The minimum absolute atomic E-state index is 0.0528. The van der Waals surface area contributed by atoms with Crippen molar-refractivity contribution in [1.29, 1.82) is 0 Å². The molecule has 130 valence electrons. The number of aliphatic carboxylic acids is 1. The molecule has 0 saturated heterocycles. The SMILES string of the molecule is O=C(O)COC(=O)c1cc(Oc2cccc(Cl)c2Cl)ccc1[N+](=O)[O-]. The lowest BCUT2D eigenvalue weighted by Crippen LogP contribution is -2.14. The summed E-state index contributed by atoms with van der Waals surface area (Å²) in [5.74, 6) is -2.34. The second kappa shape index (κ2) is 7.82. The molecule has 2 aromatic rings. The number of nitro groups is 1. The van der Waals surface area contributed by atoms with Crippen molar-refractivity contribution in [3.8, 4) is 11.5 Å². The van der Waals surface area contributed by atoms with E-state index in [1.807, 2.05) is 0 Å². The van der Waals surface area contributed by atoms with E-state index < -0.39 is 34.7 Å². The standard InChI is InChI=1S/C15H9Cl2NO7/c16-10-2-1-3-12(14(10)17)25-8-4-5-11(18(22)23)9(6-8)15(21)24-7-13(19)20/h1-6H,7H2,(H,19,20). The van der Waals surface area contributed by atoms with Gasteiger partial charge in [0.15, 0.2) is 6.61 Å². The van der Waals surface area contributed by atoms with E-state index in [0.717, 1.165) is 12.1 Å². The fourth-order valence-electron chi connectivity index (χ4n) is 1.80. The summed E-state index contributed by atoms with van der Waals surface area (Å²) in [6.45, 7) is -0.929. The van der Waals surface area contributed by atoms with Crippen LogP contribution in [0, 0.1) is 10.1 Å². The summed E-state index contributed by atoms with van der Waals surface area (Å²) in [6, 6.07) is 7.98. The molecular weight excluding hydrogens is 377 g/mol. The fraction of sp³-hybridized carbons (Fsp3) is 0.0667. The van der Waals surface area contributed by atoms with Crippen LogP contribution in [0.5, 0.6) is 11.5 Å². The Bertz CT molecular complexity index is 854. The number of carbonyl (C=O) groups is 2. The lowest BCUT2D eigenvalue weighted by molar-refractivity contribution is -0.385. The van der Waals surface area contributed by atoms with Crippen molar-refractivity contribution in [3.63, 3.8) is 0 Å². The Morgan fingerprint density at radius 2 is 1.92 bits per heavy atom. The molecule has 0 bridgehead atoms. The van der Waals surface area contributed by atoms with E-state index in [0.29, 0.717) is 0 Å². The van der Waals surface area contributed by atoms with E-state index in [9.17, 15) is 19.7 Å². The Morgan fingerprint density at radius 3 is 2.56 bits per heavy atom. The number of carbonyl (C=O) groups excluding carboxylic acids is 1. The molecule has 0 amide bonds. The highest BCUT2D eigenvalue weighted by atomic mass is 35.5. The highest BCUT2D eigenvalue weighted by Crippen LogP contribution is 2.35. The summed E-state index contributed by atoms with van der Waals surface area (Å²) in [5.41, 5.74) is -1.01. The number of halogens is 2. The van der Waals surface area contributed by atoms with E-state index in [2.05, 4.69) is 4.74 Å². The molecule has 0 radical (unpaired) electrons. The van der Waals surface area contributed by atoms with Crippen LogP contribution < -0.4 is 4.74 Å². The third-order valence-corrected chi connectivity index (χ3v) is 3.66. The van der Waals surface area contributed by atoms with Crippen LogP contribution in [-0.4, -0.2) is 28.6 Å². The Hall–Kier alpha value is -2.84. The summed E-state index contributed by atoms with van der Waals surface area (Å²) in [5, 5.41) is 19.9. The second-order valence-corrected chi connectivity index (χ2v) is 5.35. The average Bonchev–Trinajstić information content (AvgIpc) is 2.56. The van der Waals surface area contributed by atoms with Gasteiger partial charge in [0.1, 0.15) is 22.1 Å². The molecule has 0 saturated carbocycles. The smallest absolute Gasteiger partial charge is 0.345 e. The number of benzene rings is 2. The van der Waals surface area contributed by atoms with Gasteiger partial charge in [-0.25, -0.2) is 9.59 Å². The van der Waals surface area contributed by atoms with Gasteiger partial charge in [-0.05, 0) is 18.2 Å². The molecule has 0 unspecified atom stereocenters. The molecular formula is C15H9Cl2NO7. The lowest BCUT2D eigenvalue weighted by Gasteiger charge is -2.10. The van der Waals surface area contributed by atoms with Crippen molar-refractivity contribution in [2.45, 2.75) is 0 Å². The van der Waals surface area contributed by atoms with Crippen LogP contribution >= 0.6 is 23.2 Å². The van der Waals surface area contributed by atoms with Gasteiger partial charge in [-0.15, -0.1) is 0 Å². The second-order valence-electron chi connectivity index (χ2n) is 4.56. The number of nitrogens with zero attached hydrogens (tertiary/aromatic N) is 1. The van der Waals surface area contributed by atoms with Crippen molar-refractivity contribution >= 4 is 40.8 Å². The fourth-order valence-corrected chi connectivity index (χ4v) is 2.13. The highest BCUT2D eigenvalue weighted by molar-refractivity contribution is 6.42. The topological polar surface area (TPSA) is 116 Å². The Balaban J connectivity index is 2.36. The number of ether oxygens (including phenoxy) is 2. The predicted octanol–water partition coefficient (Wildman–Crippen LogP) is 3.94. The molecule has 0 atom stereocenters. The molecule has 2 rings (SSSR count). The molecule has 0 heterocycles. The van der Waals surface area contributed by atoms with Gasteiger partial charge in [-0.1, -0.05) is 29.3 Å². The van der Waals surface area contributed by atoms with Crippen LogP contribution in [0.15, 0.2) is 36.4 Å². The summed E-state index contributed by atoms with van der Waals surface area (Å²) < 4.78 is 9.96. The van der Waals surface area contributed by atoms with Crippen LogP contribution in [0.1, 0.15) is 10.4 Å². The first kappa shape index (κ1) is 18.5. The molecule has 25 heavy (non-hydrogen) atoms. The van der Waals surface area contributed by atoms with E-state index in [1.54, 1.807) is 12.1 Å². The van der Waals surface area contributed by atoms with Crippen molar-refractivity contribution in [2.24, 2.45) is 0 Å². The molecule has 0 aliphatic heterocycles. The highest BCUT2D eigenvalue weighted by Gasteiger charge is 2.23. The number of carboxylic acids is 1. The maximum absolute atomic E-state index is 11.9. The first-order valence-electron chi connectivity index (χ1n) is 6.59. The Kier molecular flexibility index (Phi) is 5.79. The van der Waals surface area contributed by atoms with Crippen LogP contribution in [0.25, 0.3) is 0 Å². The summed E-state index contributed by atoms with van der Waals surface area (Å²) >= 11 is 11.9. The lowest BCUT2D eigenvalue weighted by atomic mass is 10.1. The Labute approximate surface area is 150 Å². The van der Waals surface area contributed by atoms with E-state index in [4.69, 9.17) is 33.0 Å². The van der Waals surface area contributed by atoms with E-state index >= 15 is 0 Å². The zero-order valence-electron chi connectivity index (χ0n) is 12.3. The molecule has 8 nitrogen and oxygen atoms in total. The largest absolute Gasteiger partial charge is 0.479 e. The van der Waals surface area contributed by atoms with Gasteiger partial charge in [-0.2, -0.15) is 0 Å². The number of esters is 1. The molecule has 10 heteroatoms. The normalized spacial score (nSPS) is 10.2. The van der Waals surface area contributed by atoms with Gasteiger partial charge in [0, 0.05) is 12.1 Å². The zero-order chi connectivity index (χ0) is 18.6. The molecule has 0 fully saturated rings. The predicted molar refractivity (Wildman–Crippen MR) is 87.6 cm³/mol. The van der Waals surface area contributed by atoms with Crippen LogP contribution in [-0.2, 0) is 9.53 Å². The third kappa shape index (κ3) is 4.59. The van der Waals surface area contributed by atoms with E-state index in [1.165, 1.54) is 12.1 Å². The van der Waals surface area contributed by atoms with Gasteiger partial charge >= 0.3 is 11.9 Å². The van der Waals surface area contributed by atoms with E-state index in [-0.39, 0.29) is 21.5 Å². The minimum Gasteiger partial charge on any atom is -0.479 e. The first-order chi connectivity index (χ1) is 11.8. The van der Waals surface area contributed by atoms with Crippen LogP contribution in [0.3, 0.4) is 0 Å². The Morgan fingerprint density at radius 1 is 1.20 bits per heavy atom. The molecule has 1 N–H and O–H groups in total. The maximum atomic E-state index is 11.9. The van der Waals surface area contributed by atoms with Gasteiger partial charge < -0.3 is 14.6 Å². The number of carboxylic acid groups (broad SMARTS) is 1. The minimum atomic E-state index is -1.39. The van der Waals surface area contributed by atoms with Crippen LogP contribution in [0.2, 0.25) is 10.0 Å². The van der Waals surface area contributed by atoms with Gasteiger partial charge in [0.05, 0.1) is 9.95 Å². The van der Waals surface area contributed by atoms with Crippen molar-refractivity contribution < 1.29 is 29.1 Å². The monoisotopic (exact) mass is 385 g/mol. The number of nitro benzene ring substituents is 1. The number of hydrogen-bond donors (Lipinski definition) is 1. The van der Waals surface area contributed by atoms with Gasteiger partial charge in [0.2, 0.25) is 0 Å². The van der Waals surface area contributed by atoms with Crippen molar-refractivity contribution in [2.75, 3.05) is 6.61 Å². The van der Waals surface area contributed by atoms with Crippen molar-refractivity contribution in [3.05, 3.63) is 62.1 Å². The van der Waals surface area contributed by atoms with Crippen molar-refractivity contribution in [1.82, 2.24) is 0 Å². The maximum Gasteiger partial charge on any atom is 0.345 e. The first-order valence-corrected chi connectivity index (χ1v) is 7.34. The average molecular weight is 386 g/mol. The van der Waals surface area contributed by atoms with Crippen LogP contribution in [0.4, 0.5) is 5.69 Å². The molecule has 0 aromatic heterocycles. The van der Waals surface area contributed by atoms with Gasteiger partial charge in [0.25, 0.3) is 5.69 Å². The molecule has 2 aromatic carbocycles. The molecule has 0 aliphatic rings. The molecule has 0 spiro atoms. The molecule has 0 aliphatic carbocycles. The van der Waals surface area contributed by atoms with Gasteiger partial charge in [-0.3, -0.25) is 10.1 Å². The third-order valence-electron chi connectivity index (χ3n) is 2.86. The number of hydrogen-bond acceptors (Lipinski definition) is 6. The summed E-state index contributed by atoms with van der Waals surface area (Å²) in [7, 11) is 0. The summed E-state index contributed by atoms with van der Waals surface area (Å²) in [4.78, 5) is 32.6. The quantitative estimate of drug-likeness (QED) is 0.454. The number of rotatable bonds is 6.